The Morgan fingerprint density at radius 1 is 1.03 bits per heavy atom. The van der Waals surface area contributed by atoms with Gasteiger partial charge in [0.1, 0.15) is 5.75 Å². The lowest BCUT2D eigenvalue weighted by Crippen LogP contribution is -2.40. The third-order valence-electron chi connectivity index (χ3n) is 4.39. The molecule has 3 atom stereocenters. The number of hydrogen-bond acceptors (Lipinski definition) is 5. The number of hydrogen-bond donors (Lipinski definition) is 1. The molecule has 0 heterocycles. The highest BCUT2D eigenvalue weighted by molar-refractivity contribution is 5.84. The number of rotatable bonds is 9. The maximum absolute atomic E-state index is 12.5. The van der Waals surface area contributed by atoms with Gasteiger partial charge in [-0.2, -0.15) is 5.26 Å². The Morgan fingerprint density at radius 3 is 2.28 bits per heavy atom. The normalized spacial score (nSPS) is 13.4. The van der Waals surface area contributed by atoms with Gasteiger partial charge in [-0.05, 0) is 50.1 Å². The van der Waals surface area contributed by atoms with Crippen LogP contribution in [0.15, 0.2) is 54.6 Å². The number of amides is 1. The zero-order valence-electron chi connectivity index (χ0n) is 16.9. The molecule has 0 fully saturated rings. The van der Waals surface area contributed by atoms with Crippen molar-refractivity contribution >= 4 is 11.9 Å². The van der Waals surface area contributed by atoms with Crippen molar-refractivity contribution in [2.24, 2.45) is 0 Å². The minimum absolute atomic E-state index is 0.137. The molecule has 2 aromatic rings. The average Bonchev–Trinajstić information content (AvgIpc) is 2.74. The molecule has 0 saturated carbocycles. The van der Waals surface area contributed by atoms with Crippen molar-refractivity contribution in [3.8, 4) is 11.8 Å². The highest BCUT2D eigenvalue weighted by Gasteiger charge is 2.25. The van der Waals surface area contributed by atoms with Crippen LogP contribution in [-0.2, 0) is 14.3 Å². The molecule has 0 aliphatic carbocycles. The summed E-state index contributed by atoms with van der Waals surface area (Å²) < 4.78 is 10.8. The molecule has 0 aliphatic heterocycles. The van der Waals surface area contributed by atoms with Crippen molar-refractivity contribution in [3.63, 3.8) is 0 Å². The lowest BCUT2D eigenvalue weighted by atomic mass is 10.0. The van der Waals surface area contributed by atoms with Gasteiger partial charge in [0.25, 0.3) is 5.91 Å². The molecule has 0 aliphatic rings. The fourth-order valence-corrected chi connectivity index (χ4v) is 2.77. The van der Waals surface area contributed by atoms with Crippen molar-refractivity contribution in [3.05, 3.63) is 65.7 Å². The Morgan fingerprint density at radius 2 is 1.69 bits per heavy atom. The van der Waals surface area contributed by atoms with Gasteiger partial charge in [-0.25, -0.2) is 4.79 Å². The molecule has 6 nitrogen and oxygen atoms in total. The highest BCUT2D eigenvalue weighted by Crippen LogP contribution is 2.19. The molecule has 0 saturated heterocycles. The van der Waals surface area contributed by atoms with Crippen LogP contribution >= 0.6 is 0 Å². The van der Waals surface area contributed by atoms with E-state index in [0.717, 1.165) is 18.4 Å². The van der Waals surface area contributed by atoms with Gasteiger partial charge in [-0.15, -0.1) is 0 Å². The standard InChI is InChI=1S/C23H26N2O4/c1-4-8-21(19-9-6-5-7-10-19)25-22(26)16(2)29-23(27)17(3)28-20-13-11-18(15-24)12-14-20/h5-7,9-14,16-17,21H,4,8H2,1-3H3,(H,25,26)/t16-,17-,21-/m1/s1. The van der Waals surface area contributed by atoms with Crippen LogP contribution in [0.4, 0.5) is 0 Å². The molecule has 0 unspecified atom stereocenters. The number of nitrogens with zero attached hydrogens (tertiary/aromatic N) is 1. The first-order valence-corrected chi connectivity index (χ1v) is 9.67. The maximum Gasteiger partial charge on any atom is 0.347 e. The molecular weight excluding hydrogens is 368 g/mol. The Hall–Kier alpha value is -3.33. The first-order valence-electron chi connectivity index (χ1n) is 9.67. The maximum atomic E-state index is 12.5. The SMILES string of the molecule is CCC[C@@H](NC(=O)[C@@H](C)OC(=O)[C@@H](C)Oc1ccc(C#N)cc1)c1ccccc1. The topological polar surface area (TPSA) is 88.4 Å². The number of nitriles is 1. The number of nitrogens with one attached hydrogen (secondary N) is 1. The molecule has 1 N–H and O–H groups in total. The Labute approximate surface area is 171 Å². The van der Waals surface area contributed by atoms with Gasteiger partial charge in [-0.1, -0.05) is 43.7 Å². The fourth-order valence-electron chi connectivity index (χ4n) is 2.77. The predicted molar refractivity (Wildman–Crippen MR) is 109 cm³/mol. The summed E-state index contributed by atoms with van der Waals surface area (Å²) in [6, 6.07) is 18.0. The summed E-state index contributed by atoms with van der Waals surface area (Å²) in [5.74, 6) is -0.548. The van der Waals surface area contributed by atoms with E-state index < -0.39 is 18.2 Å². The molecular formula is C23H26N2O4. The molecule has 0 radical (unpaired) electrons. The number of esters is 1. The lowest BCUT2D eigenvalue weighted by molar-refractivity contribution is -0.161. The van der Waals surface area contributed by atoms with Gasteiger partial charge in [0.2, 0.25) is 0 Å². The van der Waals surface area contributed by atoms with Crippen LogP contribution in [0.2, 0.25) is 0 Å². The van der Waals surface area contributed by atoms with Gasteiger partial charge in [0, 0.05) is 0 Å². The Bertz CT molecular complexity index is 843. The summed E-state index contributed by atoms with van der Waals surface area (Å²) >= 11 is 0. The number of benzene rings is 2. The number of carbonyl (C=O) groups is 2. The van der Waals surface area contributed by atoms with Gasteiger partial charge < -0.3 is 14.8 Å². The summed E-state index contributed by atoms with van der Waals surface area (Å²) in [5, 5.41) is 11.8. The number of ether oxygens (including phenoxy) is 2. The first kappa shape index (κ1) is 22.0. The summed E-state index contributed by atoms with van der Waals surface area (Å²) in [7, 11) is 0. The van der Waals surface area contributed by atoms with Crippen LogP contribution < -0.4 is 10.1 Å². The lowest BCUT2D eigenvalue weighted by Gasteiger charge is -2.22. The van der Waals surface area contributed by atoms with E-state index >= 15 is 0 Å². The third-order valence-corrected chi connectivity index (χ3v) is 4.39. The number of carbonyl (C=O) groups excluding carboxylic acids is 2. The van der Waals surface area contributed by atoms with Crippen LogP contribution in [0.3, 0.4) is 0 Å². The predicted octanol–water partition coefficient (Wildman–Crippen LogP) is 3.91. The monoisotopic (exact) mass is 394 g/mol. The highest BCUT2D eigenvalue weighted by atomic mass is 16.6. The van der Waals surface area contributed by atoms with Crippen molar-refractivity contribution in [1.82, 2.24) is 5.32 Å². The average molecular weight is 394 g/mol. The first-order chi connectivity index (χ1) is 13.9. The smallest absolute Gasteiger partial charge is 0.347 e. The summed E-state index contributed by atoms with van der Waals surface area (Å²) in [6.45, 7) is 5.14. The molecule has 1 amide bonds. The van der Waals surface area contributed by atoms with E-state index in [1.54, 1.807) is 31.2 Å². The quantitative estimate of drug-likeness (QED) is 0.651. The summed E-state index contributed by atoms with van der Waals surface area (Å²) in [5.41, 5.74) is 1.51. The van der Waals surface area contributed by atoms with E-state index in [1.807, 2.05) is 43.3 Å². The van der Waals surface area contributed by atoms with E-state index in [9.17, 15) is 9.59 Å². The largest absolute Gasteiger partial charge is 0.479 e. The molecule has 0 aromatic heterocycles. The molecule has 2 aromatic carbocycles. The van der Waals surface area contributed by atoms with Crippen molar-refractivity contribution < 1.29 is 19.1 Å². The Balaban J connectivity index is 1.91. The van der Waals surface area contributed by atoms with Crippen LogP contribution in [0.25, 0.3) is 0 Å². The van der Waals surface area contributed by atoms with Crippen LogP contribution in [0.1, 0.15) is 50.8 Å². The van der Waals surface area contributed by atoms with E-state index in [0.29, 0.717) is 11.3 Å². The summed E-state index contributed by atoms with van der Waals surface area (Å²) in [6.07, 6.45) is -0.144. The van der Waals surface area contributed by atoms with Crippen molar-refractivity contribution in [1.29, 1.82) is 5.26 Å². The molecule has 29 heavy (non-hydrogen) atoms. The second kappa shape index (κ2) is 10.9. The molecule has 6 heteroatoms. The molecule has 2 rings (SSSR count). The van der Waals surface area contributed by atoms with E-state index in [4.69, 9.17) is 14.7 Å². The van der Waals surface area contributed by atoms with Gasteiger partial charge in [-0.3, -0.25) is 4.79 Å². The van der Waals surface area contributed by atoms with Crippen LogP contribution in [0, 0.1) is 11.3 Å². The van der Waals surface area contributed by atoms with Gasteiger partial charge in [0.15, 0.2) is 12.2 Å². The van der Waals surface area contributed by atoms with E-state index in [1.165, 1.54) is 6.92 Å². The minimum Gasteiger partial charge on any atom is -0.479 e. The molecule has 152 valence electrons. The Kier molecular flexibility index (Phi) is 8.23. The molecule has 0 bridgehead atoms. The van der Waals surface area contributed by atoms with Crippen molar-refractivity contribution in [2.75, 3.05) is 0 Å². The van der Waals surface area contributed by atoms with Crippen molar-refractivity contribution in [2.45, 2.75) is 51.9 Å². The van der Waals surface area contributed by atoms with Gasteiger partial charge in [0.05, 0.1) is 17.7 Å². The second-order valence-corrected chi connectivity index (χ2v) is 6.74. The van der Waals surface area contributed by atoms with Crippen LogP contribution in [0.5, 0.6) is 5.75 Å². The van der Waals surface area contributed by atoms with E-state index in [2.05, 4.69) is 5.32 Å². The second-order valence-electron chi connectivity index (χ2n) is 6.74. The van der Waals surface area contributed by atoms with Gasteiger partial charge >= 0.3 is 5.97 Å². The fraction of sp³-hybridized carbons (Fsp3) is 0.348. The zero-order valence-corrected chi connectivity index (χ0v) is 16.9. The third kappa shape index (κ3) is 6.65. The van der Waals surface area contributed by atoms with E-state index in [-0.39, 0.29) is 11.9 Å². The molecule has 0 spiro atoms. The van der Waals surface area contributed by atoms with Crippen LogP contribution in [-0.4, -0.2) is 24.1 Å². The summed E-state index contributed by atoms with van der Waals surface area (Å²) in [4.78, 5) is 24.8. The minimum atomic E-state index is -0.947. The zero-order chi connectivity index (χ0) is 21.2.